The number of likely N-dealkylation sites (tertiary alicyclic amines) is 1. The molecule has 25 heavy (non-hydrogen) atoms. The Hall–Kier alpha value is -2.31. The third-order valence-electron chi connectivity index (χ3n) is 4.24. The number of aromatic nitrogens is 1. The van der Waals surface area contributed by atoms with Crippen LogP contribution in [0.5, 0.6) is 5.88 Å². The molecule has 2 heterocycles. The fraction of sp³-hybridized carbons (Fsp3) is 0.611. The van der Waals surface area contributed by atoms with Crippen molar-refractivity contribution in [2.75, 3.05) is 33.9 Å². The van der Waals surface area contributed by atoms with Crippen molar-refractivity contribution in [2.45, 2.75) is 32.7 Å². The number of esters is 1. The van der Waals surface area contributed by atoms with Crippen LogP contribution in [0.15, 0.2) is 23.3 Å². The SMILES string of the molecule is CCCOc1ccc(CNC(=NC)N2CCC(C(=O)OC)CC2)cn1. The van der Waals surface area contributed by atoms with Crippen LogP contribution in [0.25, 0.3) is 0 Å². The molecule has 7 nitrogen and oxygen atoms in total. The van der Waals surface area contributed by atoms with E-state index < -0.39 is 0 Å². The quantitative estimate of drug-likeness (QED) is 0.480. The Balaban J connectivity index is 1.81. The van der Waals surface area contributed by atoms with Crippen LogP contribution in [0.1, 0.15) is 31.7 Å². The molecule has 1 fully saturated rings. The van der Waals surface area contributed by atoms with Gasteiger partial charge in [-0.2, -0.15) is 0 Å². The average Bonchev–Trinajstić information content (AvgIpc) is 2.67. The minimum absolute atomic E-state index is 0.000721. The highest BCUT2D eigenvalue weighted by molar-refractivity contribution is 5.80. The zero-order valence-corrected chi connectivity index (χ0v) is 15.3. The Kier molecular flexibility index (Phi) is 7.50. The molecule has 0 aliphatic carbocycles. The van der Waals surface area contributed by atoms with Gasteiger partial charge < -0.3 is 19.7 Å². The summed E-state index contributed by atoms with van der Waals surface area (Å²) >= 11 is 0. The normalized spacial score (nSPS) is 15.8. The highest BCUT2D eigenvalue weighted by atomic mass is 16.5. The maximum atomic E-state index is 11.6. The summed E-state index contributed by atoms with van der Waals surface area (Å²) in [5.74, 6) is 1.38. The van der Waals surface area contributed by atoms with Gasteiger partial charge in [0, 0.05) is 38.9 Å². The van der Waals surface area contributed by atoms with Crippen molar-refractivity contribution < 1.29 is 14.3 Å². The van der Waals surface area contributed by atoms with Crippen LogP contribution >= 0.6 is 0 Å². The van der Waals surface area contributed by atoms with Gasteiger partial charge in [0.15, 0.2) is 5.96 Å². The maximum Gasteiger partial charge on any atom is 0.308 e. The number of nitrogens with zero attached hydrogens (tertiary/aromatic N) is 3. The zero-order valence-electron chi connectivity index (χ0n) is 15.3. The van der Waals surface area contributed by atoms with Crippen molar-refractivity contribution >= 4 is 11.9 Å². The number of piperidine rings is 1. The van der Waals surface area contributed by atoms with E-state index in [-0.39, 0.29) is 11.9 Å². The first kappa shape index (κ1) is 19.0. The summed E-state index contributed by atoms with van der Waals surface area (Å²) in [4.78, 5) is 22.4. The lowest BCUT2D eigenvalue weighted by atomic mass is 9.97. The third kappa shape index (κ3) is 5.62. The molecule has 1 aliphatic rings. The Morgan fingerprint density at radius 3 is 2.72 bits per heavy atom. The second kappa shape index (κ2) is 9.86. The Morgan fingerprint density at radius 1 is 1.40 bits per heavy atom. The van der Waals surface area contributed by atoms with E-state index in [9.17, 15) is 4.79 Å². The predicted octanol–water partition coefficient (Wildman–Crippen LogP) is 1.83. The minimum atomic E-state index is -0.112. The van der Waals surface area contributed by atoms with E-state index in [2.05, 4.69) is 27.1 Å². The number of pyridine rings is 1. The van der Waals surface area contributed by atoms with E-state index in [0.29, 0.717) is 19.0 Å². The number of nitrogens with one attached hydrogen (secondary N) is 1. The molecule has 7 heteroatoms. The van der Waals surface area contributed by atoms with E-state index in [1.807, 2.05) is 18.3 Å². The van der Waals surface area contributed by atoms with E-state index in [0.717, 1.165) is 43.9 Å². The lowest BCUT2D eigenvalue weighted by Crippen LogP contribution is -2.46. The van der Waals surface area contributed by atoms with Crippen LogP contribution in [-0.2, 0) is 16.1 Å². The monoisotopic (exact) mass is 348 g/mol. The minimum Gasteiger partial charge on any atom is -0.478 e. The second-order valence-corrected chi connectivity index (χ2v) is 6.04. The number of hydrogen-bond acceptors (Lipinski definition) is 5. The van der Waals surface area contributed by atoms with Gasteiger partial charge in [0.2, 0.25) is 5.88 Å². The first-order chi connectivity index (χ1) is 12.2. The Morgan fingerprint density at radius 2 is 2.16 bits per heavy atom. The smallest absolute Gasteiger partial charge is 0.308 e. The van der Waals surface area contributed by atoms with Crippen molar-refractivity contribution in [3.05, 3.63) is 23.9 Å². The Labute approximate surface area is 149 Å². The maximum absolute atomic E-state index is 11.6. The lowest BCUT2D eigenvalue weighted by molar-refractivity contribution is -0.146. The topological polar surface area (TPSA) is 76.0 Å². The molecular formula is C18H28N4O3. The number of carbonyl (C=O) groups excluding carboxylic acids is 1. The molecule has 0 radical (unpaired) electrons. The molecule has 1 aromatic heterocycles. The highest BCUT2D eigenvalue weighted by Gasteiger charge is 2.26. The van der Waals surface area contributed by atoms with Crippen LogP contribution in [0.2, 0.25) is 0 Å². The van der Waals surface area contributed by atoms with Crippen LogP contribution in [0.3, 0.4) is 0 Å². The molecule has 1 aliphatic heterocycles. The molecule has 0 aromatic carbocycles. The van der Waals surface area contributed by atoms with E-state index in [4.69, 9.17) is 9.47 Å². The summed E-state index contributed by atoms with van der Waals surface area (Å²) in [7, 11) is 3.22. The molecule has 138 valence electrons. The van der Waals surface area contributed by atoms with Gasteiger partial charge in [0.05, 0.1) is 19.6 Å². The van der Waals surface area contributed by atoms with Gasteiger partial charge in [-0.1, -0.05) is 13.0 Å². The van der Waals surface area contributed by atoms with Crippen molar-refractivity contribution in [2.24, 2.45) is 10.9 Å². The number of rotatable bonds is 6. The average molecular weight is 348 g/mol. The van der Waals surface area contributed by atoms with Gasteiger partial charge in [-0.05, 0) is 24.8 Å². The fourth-order valence-electron chi connectivity index (χ4n) is 2.81. The van der Waals surface area contributed by atoms with Crippen LogP contribution < -0.4 is 10.1 Å². The van der Waals surface area contributed by atoms with Crippen molar-refractivity contribution in [1.29, 1.82) is 0 Å². The molecule has 0 unspecified atom stereocenters. The number of guanidine groups is 1. The number of carbonyl (C=O) groups is 1. The summed E-state index contributed by atoms with van der Waals surface area (Å²) in [5, 5.41) is 3.36. The van der Waals surface area contributed by atoms with Crippen molar-refractivity contribution in [3.63, 3.8) is 0 Å². The van der Waals surface area contributed by atoms with Gasteiger partial charge in [-0.3, -0.25) is 9.79 Å². The highest BCUT2D eigenvalue weighted by Crippen LogP contribution is 2.18. The van der Waals surface area contributed by atoms with Crippen LogP contribution in [0, 0.1) is 5.92 Å². The molecular weight excluding hydrogens is 320 g/mol. The van der Waals surface area contributed by atoms with Gasteiger partial charge in [-0.25, -0.2) is 4.98 Å². The first-order valence-corrected chi connectivity index (χ1v) is 8.79. The van der Waals surface area contributed by atoms with Gasteiger partial charge in [0.25, 0.3) is 0 Å². The molecule has 2 rings (SSSR count). The number of ether oxygens (including phenoxy) is 2. The molecule has 0 atom stereocenters. The number of hydrogen-bond donors (Lipinski definition) is 1. The summed E-state index contributed by atoms with van der Waals surface area (Å²) in [6.07, 6.45) is 4.36. The van der Waals surface area contributed by atoms with Gasteiger partial charge >= 0.3 is 5.97 Å². The Bertz CT molecular complexity index is 566. The summed E-state index contributed by atoms with van der Waals surface area (Å²) in [6.45, 7) is 4.98. The van der Waals surface area contributed by atoms with Gasteiger partial charge in [-0.15, -0.1) is 0 Å². The summed E-state index contributed by atoms with van der Waals surface area (Å²) in [5.41, 5.74) is 1.06. The van der Waals surface area contributed by atoms with E-state index in [1.54, 1.807) is 7.05 Å². The molecule has 1 saturated heterocycles. The molecule has 0 saturated carbocycles. The van der Waals surface area contributed by atoms with Crippen molar-refractivity contribution in [1.82, 2.24) is 15.2 Å². The fourth-order valence-corrected chi connectivity index (χ4v) is 2.81. The molecule has 1 N–H and O–H groups in total. The van der Waals surface area contributed by atoms with Crippen LogP contribution in [-0.4, -0.2) is 55.7 Å². The van der Waals surface area contributed by atoms with Crippen LogP contribution in [0.4, 0.5) is 0 Å². The molecule has 0 bridgehead atoms. The lowest BCUT2D eigenvalue weighted by Gasteiger charge is -2.33. The van der Waals surface area contributed by atoms with Gasteiger partial charge in [0.1, 0.15) is 0 Å². The summed E-state index contributed by atoms with van der Waals surface area (Å²) in [6, 6.07) is 3.89. The summed E-state index contributed by atoms with van der Waals surface area (Å²) < 4.78 is 10.3. The third-order valence-corrected chi connectivity index (χ3v) is 4.24. The van der Waals surface area contributed by atoms with E-state index in [1.165, 1.54) is 7.11 Å². The predicted molar refractivity (Wildman–Crippen MR) is 96.5 cm³/mol. The standard InChI is InChI=1S/C18H28N4O3/c1-4-11-25-16-6-5-14(12-20-16)13-21-18(19-2)22-9-7-15(8-10-22)17(23)24-3/h5-6,12,15H,4,7-11,13H2,1-3H3,(H,19,21). The van der Waals surface area contributed by atoms with Crippen molar-refractivity contribution in [3.8, 4) is 5.88 Å². The molecule has 0 amide bonds. The number of methoxy groups -OCH3 is 1. The first-order valence-electron chi connectivity index (χ1n) is 8.79. The zero-order chi connectivity index (χ0) is 18.1. The van der Waals surface area contributed by atoms with E-state index >= 15 is 0 Å². The second-order valence-electron chi connectivity index (χ2n) is 6.04. The molecule has 1 aromatic rings. The largest absolute Gasteiger partial charge is 0.478 e. The number of aliphatic imine (C=N–C) groups is 1. The molecule has 0 spiro atoms.